The van der Waals surface area contributed by atoms with Gasteiger partial charge in [0.2, 0.25) is 5.91 Å². The van der Waals surface area contributed by atoms with Crippen LogP contribution >= 0.6 is 11.6 Å². The van der Waals surface area contributed by atoms with Crippen molar-refractivity contribution in [2.75, 3.05) is 11.9 Å². The first-order valence-corrected chi connectivity index (χ1v) is 8.76. The minimum atomic E-state index is -0.275. The summed E-state index contributed by atoms with van der Waals surface area (Å²) in [5.41, 5.74) is 2.41. The van der Waals surface area contributed by atoms with Gasteiger partial charge < -0.3 is 10.6 Å². The fourth-order valence-corrected chi connectivity index (χ4v) is 2.51. The van der Waals surface area contributed by atoms with Gasteiger partial charge in [0, 0.05) is 41.2 Å². The van der Waals surface area contributed by atoms with Crippen LogP contribution in [0.5, 0.6) is 0 Å². The second kappa shape index (κ2) is 9.15. The van der Waals surface area contributed by atoms with E-state index in [0.717, 1.165) is 5.56 Å². The molecule has 0 aliphatic rings. The zero-order valence-electron chi connectivity index (χ0n) is 14.8. The molecule has 5 nitrogen and oxygen atoms in total. The molecule has 0 aromatic heterocycles. The Balaban J connectivity index is 1.96. The number of aryl methyl sites for hydroxylation is 1. The maximum atomic E-state index is 12.2. The molecule has 136 valence electrons. The Bertz CT molecular complexity index is 816. The third-order valence-corrected chi connectivity index (χ3v) is 4.11. The first-order chi connectivity index (χ1) is 12.4. The van der Waals surface area contributed by atoms with Gasteiger partial charge in [0.05, 0.1) is 0 Å². The van der Waals surface area contributed by atoms with E-state index >= 15 is 0 Å². The number of halogens is 1. The average molecular weight is 373 g/mol. The van der Waals surface area contributed by atoms with Gasteiger partial charge in [0.25, 0.3) is 5.91 Å². The zero-order chi connectivity index (χ0) is 19.1. The normalized spacial score (nSPS) is 10.3. The number of amides is 2. The molecule has 6 heteroatoms. The maximum Gasteiger partial charge on any atom is 0.251 e. The average Bonchev–Trinajstić information content (AvgIpc) is 2.62. The number of hydrogen-bond acceptors (Lipinski definition) is 3. The summed E-state index contributed by atoms with van der Waals surface area (Å²) in [6.45, 7) is 4.21. The largest absolute Gasteiger partial charge is 0.352 e. The molecule has 0 saturated heterocycles. The van der Waals surface area contributed by atoms with Crippen LogP contribution in [0.25, 0.3) is 0 Å². The minimum Gasteiger partial charge on any atom is -0.352 e. The standard InChI is InChI=1S/C20H21ClN2O3/c1-3-22-20(26)15-5-4-13(2)17(12-15)23-19(25)11-10-18(24)14-6-8-16(21)9-7-14/h4-9,12H,3,10-11H2,1-2H3,(H,22,26)(H,23,25). The van der Waals surface area contributed by atoms with Crippen LogP contribution in [-0.2, 0) is 4.79 Å². The molecule has 2 N–H and O–H groups in total. The fourth-order valence-electron chi connectivity index (χ4n) is 2.38. The van der Waals surface area contributed by atoms with Crippen molar-refractivity contribution >= 4 is 34.9 Å². The Hall–Kier alpha value is -2.66. The van der Waals surface area contributed by atoms with Crippen molar-refractivity contribution in [1.29, 1.82) is 0 Å². The molecule has 0 bridgehead atoms. The Kier molecular flexibility index (Phi) is 6.92. The van der Waals surface area contributed by atoms with E-state index in [1.165, 1.54) is 0 Å². The Morgan fingerprint density at radius 3 is 2.27 bits per heavy atom. The lowest BCUT2D eigenvalue weighted by atomic mass is 10.1. The van der Waals surface area contributed by atoms with Crippen molar-refractivity contribution in [1.82, 2.24) is 5.32 Å². The van der Waals surface area contributed by atoms with Gasteiger partial charge in [-0.15, -0.1) is 0 Å². The highest BCUT2D eigenvalue weighted by Gasteiger charge is 2.12. The van der Waals surface area contributed by atoms with E-state index in [0.29, 0.717) is 28.4 Å². The van der Waals surface area contributed by atoms with Crippen LogP contribution in [0.4, 0.5) is 5.69 Å². The van der Waals surface area contributed by atoms with Crippen molar-refractivity contribution in [3.63, 3.8) is 0 Å². The smallest absolute Gasteiger partial charge is 0.251 e. The first-order valence-electron chi connectivity index (χ1n) is 8.38. The lowest BCUT2D eigenvalue weighted by Gasteiger charge is -2.10. The molecule has 0 aliphatic carbocycles. The Morgan fingerprint density at radius 1 is 0.962 bits per heavy atom. The van der Waals surface area contributed by atoms with Crippen molar-refractivity contribution < 1.29 is 14.4 Å². The molecule has 2 amide bonds. The van der Waals surface area contributed by atoms with Crippen LogP contribution in [0.2, 0.25) is 5.02 Å². The van der Waals surface area contributed by atoms with E-state index in [1.807, 2.05) is 13.8 Å². The molecule has 0 saturated carbocycles. The van der Waals surface area contributed by atoms with Gasteiger partial charge in [-0.25, -0.2) is 0 Å². The minimum absolute atomic E-state index is 0.0618. The maximum absolute atomic E-state index is 12.2. The highest BCUT2D eigenvalue weighted by atomic mass is 35.5. The third-order valence-electron chi connectivity index (χ3n) is 3.86. The van der Waals surface area contributed by atoms with Gasteiger partial charge in [-0.2, -0.15) is 0 Å². The quantitative estimate of drug-likeness (QED) is 0.721. The number of carbonyl (C=O) groups is 3. The van der Waals surface area contributed by atoms with Crippen LogP contribution in [-0.4, -0.2) is 24.1 Å². The molecule has 0 radical (unpaired) electrons. The van der Waals surface area contributed by atoms with E-state index in [1.54, 1.807) is 42.5 Å². The predicted octanol–water partition coefficient (Wildman–Crippen LogP) is 4.00. The Labute approximate surface area is 157 Å². The number of Topliss-reactive ketones (excluding diaryl/α,β-unsaturated/α-hetero) is 1. The fraction of sp³-hybridized carbons (Fsp3) is 0.250. The van der Waals surface area contributed by atoms with Gasteiger partial charge >= 0.3 is 0 Å². The first kappa shape index (κ1) is 19.7. The van der Waals surface area contributed by atoms with Crippen LogP contribution < -0.4 is 10.6 Å². The van der Waals surface area contributed by atoms with Gasteiger partial charge in [-0.1, -0.05) is 17.7 Å². The second-order valence-corrected chi connectivity index (χ2v) is 6.30. The van der Waals surface area contributed by atoms with Crippen molar-refractivity contribution in [2.24, 2.45) is 0 Å². The summed E-state index contributed by atoms with van der Waals surface area (Å²) in [7, 11) is 0. The van der Waals surface area contributed by atoms with Crippen LogP contribution in [0.1, 0.15) is 46.0 Å². The van der Waals surface area contributed by atoms with Gasteiger partial charge in [0.1, 0.15) is 0 Å². The summed E-state index contributed by atoms with van der Waals surface area (Å²) < 4.78 is 0. The van der Waals surface area contributed by atoms with Crippen molar-refractivity contribution in [2.45, 2.75) is 26.7 Å². The molecule has 0 spiro atoms. The summed E-state index contributed by atoms with van der Waals surface area (Å²) in [5, 5.41) is 6.05. The molecule has 0 heterocycles. The van der Waals surface area contributed by atoms with Gasteiger partial charge in [0.15, 0.2) is 5.78 Å². The van der Waals surface area contributed by atoms with E-state index in [-0.39, 0.29) is 30.4 Å². The number of hydrogen-bond donors (Lipinski definition) is 2. The molecule has 0 aliphatic heterocycles. The number of anilines is 1. The molecule has 26 heavy (non-hydrogen) atoms. The molecule has 2 aromatic rings. The van der Waals surface area contributed by atoms with E-state index in [2.05, 4.69) is 10.6 Å². The number of carbonyl (C=O) groups excluding carboxylic acids is 3. The number of nitrogens with one attached hydrogen (secondary N) is 2. The van der Waals surface area contributed by atoms with Crippen LogP contribution in [0.15, 0.2) is 42.5 Å². The number of rotatable bonds is 7. The van der Waals surface area contributed by atoms with Crippen molar-refractivity contribution in [3.8, 4) is 0 Å². The highest BCUT2D eigenvalue weighted by molar-refractivity contribution is 6.30. The molecule has 0 fully saturated rings. The van der Waals surface area contributed by atoms with E-state index in [4.69, 9.17) is 11.6 Å². The zero-order valence-corrected chi connectivity index (χ0v) is 15.5. The summed E-state index contributed by atoms with van der Waals surface area (Å²) in [6.07, 6.45) is 0.162. The molecule has 0 atom stereocenters. The molecule has 0 unspecified atom stereocenters. The lowest BCUT2D eigenvalue weighted by molar-refractivity contribution is -0.116. The monoisotopic (exact) mass is 372 g/mol. The SMILES string of the molecule is CCNC(=O)c1ccc(C)c(NC(=O)CCC(=O)c2ccc(Cl)cc2)c1. The summed E-state index contributed by atoms with van der Waals surface area (Å²) in [6, 6.07) is 11.7. The van der Waals surface area contributed by atoms with Crippen LogP contribution in [0, 0.1) is 6.92 Å². The van der Waals surface area contributed by atoms with Crippen LogP contribution in [0.3, 0.4) is 0 Å². The lowest BCUT2D eigenvalue weighted by Crippen LogP contribution is -2.23. The number of benzene rings is 2. The summed E-state index contributed by atoms with van der Waals surface area (Å²) in [5.74, 6) is -0.589. The van der Waals surface area contributed by atoms with Gasteiger partial charge in [-0.3, -0.25) is 14.4 Å². The van der Waals surface area contributed by atoms with E-state index in [9.17, 15) is 14.4 Å². The summed E-state index contributed by atoms with van der Waals surface area (Å²) >= 11 is 5.80. The molecule has 2 rings (SSSR count). The Morgan fingerprint density at radius 2 is 1.62 bits per heavy atom. The molecule has 2 aromatic carbocycles. The predicted molar refractivity (Wildman–Crippen MR) is 103 cm³/mol. The number of ketones is 1. The molecular formula is C20H21ClN2O3. The highest BCUT2D eigenvalue weighted by Crippen LogP contribution is 2.18. The third kappa shape index (κ3) is 5.43. The van der Waals surface area contributed by atoms with Gasteiger partial charge in [-0.05, 0) is 55.8 Å². The van der Waals surface area contributed by atoms with E-state index < -0.39 is 0 Å². The topological polar surface area (TPSA) is 75.3 Å². The summed E-state index contributed by atoms with van der Waals surface area (Å²) in [4.78, 5) is 36.2. The van der Waals surface area contributed by atoms with Crippen molar-refractivity contribution in [3.05, 3.63) is 64.2 Å². The second-order valence-electron chi connectivity index (χ2n) is 5.87. The molecular weight excluding hydrogens is 352 g/mol.